The van der Waals surface area contributed by atoms with Crippen molar-refractivity contribution < 1.29 is 8.81 Å². The maximum atomic E-state index is 13.8. The van der Waals surface area contributed by atoms with Crippen molar-refractivity contribution in [3.8, 4) is 0 Å². The molecule has 0 aliphatic rings. The fourth-order valence-corrected chi connectivity index (χ4v) is 2.10. The fraction of sp³-hybridized carbons (Fsp3) is 0.231. The summed E-state index contributed by atoms with van der Waals surface area (Å²) in [6.45, 7) is 1.92. The number of furan rings is 1. The zero-order chi connectivity index (χ0) is 12.4. The van der Waals surface area contributed by atoms with Gasteiger partial charge in [0.25, 0.3) is 0 Å². The molecule has 90 valence electrons. The largest absolute Gasteiger partial charge is 0.453 e. The van der Waals surface area contributed by atoms with Crippen LogP contribution in [0.1, 0.15) is 22.7 Å². The third kappa shape index (κ3) is 2.35. The van der Waals surface area contributed by atoms with E-state index in [1.54, 1.807) is 25.2 Å². The normalized spacial score (nSPS) is 12.7. The summed E-state index contributed by atoms with van der Waals surface area (Å²) in [6.07, 6.45) is 1.50. The maximum absolute atomic E-state index is 13.8. The maximum Gasteiger partial charge on any atom is 0.198 e. The molecular weight excluding hydrogens is 241 g/mol. The molecule has 4 heteroatoms. The zero-order valence-electron chi connectivity index (χ0n) is 9.63. The molecule has 1 N–H and O–H groups in total. The summed E-state index contributed by atoms with van der Waals surface area (Å²) in [6, 6.07) is 6.44. The summed E-state index contributed by atoms with van der Waals surface area (Å²) in [5.41, 5.74) is 2.30. The van der Waals surface area contributed by atoms with Crippen molar-refractivity contribution in [1.29, 1.82) is 0 Å². The Labute approximate surface area is 104 Å². The van der Waals surface area contributed by atoms with Crippen LogP contribution in [0.2, 0.25) is 5.22 Å². The molecule has 2 rings (SSSR count). The topological polar surface area (TPSA) is 25.2 Å². The van der Waals surface area contributed by atoms with Gasteiger partial charge >= 0.3 is 0 Å². The van der Waals surface area contributed by atoms with Crippen LogP contribution in [-0.4, -0.2) is 7.05 Å². The number of aryl methyl sites for hydroxylation is 1. The predicted molar refractivity (Wildman–Crippen MR) is 65.8 cm³/mol. The minimum atomic E-state index is -0.304. The van der Waals surface area contributed by atoms with E-state index in [1.165, 1.54) is 12.3 Å². The number of hydrogen-bond donors (Lipinski definition) is 1. The van der Waals surface area contributed by atoms with Gasteiger partial charge in [-0.1, -0.05) is 17.7 Å². The van der Waals surface area contributed by atoms with Crippen LogP contribution < -0.4 is 5.32 Å². The fourth-order valence-electron chi connectivity index (χ4n) is 1.87. The van der Waals surface area contributed by atoms with Crippen molar-refractivity contribution >= 4 is 11.6 Å². The van der Waals surface area contributed by atoms with Crippen LogP contribution in [0, 0.1) is 12.7 Å². The number of nitrogens with one attached hydrogen (secondary N) is 1. The van der Waals surface area contributed by atoms with Gasteiger partial charge in [-0.25, -0.2) is 4.39 Å². The Morgan fingerprint density at radius 3 is 2.65 bits per heavy atom. The van der Waals surface area contributed by atoms with Gasteiger partial charge in [-0.15, -0.1) is 0 Å². The monoisotopic (exact) mass is 253 g/mol. The zero-order valence-corrected chi connectivity index (χ0v) is 10.4. The molecule has 1 unspecified atom stereocenters. The van der Waals surface area contributed by atoms with Gasteiger partial charge in [-0.3, -0.25) is 0 Å². The van der Waals surface area contributed by atoms with Crippen molar-refractivity contribution in [3.05, 3.63) is 58.3 Å². The second-order valence-electron chi connectivity index (χ2n) is 3.90. The second kappa shape index (κ2) is 4.90. The summed E-state index contributed by atoms with van der Waals surface area (Å²) in [5, 5.41) is 3.33. The van der Waals surface area contributed by atoms with Gasteiger partial charge in [0, 0.05) is 11.1 Å². The van der Waals surface area contributed by atoms with Crippen LogP contribution in [0.4, 0.5) is 4.39 Å². The molecule has 2 aromatic rings. The molecule has 0 spiro atoms. The third-order valence-corrected chi connectivity index (χ3v) is 3.02. The lowest BCUT2D eigenvalue weighted by atomic mass is 9.99. The van der Waals surface area contributed by atoms with E-state index in [9.17, 15) is 4.39 Å². The van der Waals surface area contributed by atoms with E-state index in [0.29, 0.717) is 5.56 Å². The van der Waals surface area contributed by atoms with Crippen LogP contribution in [0.5, 0.6) is 0 Å². The van der Waals surface area contributed by atoms with Crippen molar-refractivity contribution in [1.82, 2.24) is 5.32 Å². The van der Waals surface area contributed by atoms with Crippen LogP contribution in [0.15, 0.2) is 34.9 Å². The third-order valence-electron chi connectivity index (χ3n) is 2.71. The van der Waals surface area contributed by atoms with E-state index in [4.69, 9.17) is 16.0 Å². The lowest BCUT2D eigenvalue weighted by Gasteiger charge is -2.16. The molecule has 0 fully saturated rings. The van der Waals surface area contributed by atoms with Gasteiger partial charge in [0.05, 0.1) is 12.3 Å². The Bertz CT molecular complexity index is 524. The molecule has 0 bridgehead atoms. The molecule has 0 aliphatic heterocycles. The molecule has 0 saturated carbocycles. The summed E-state index contributed by atoms with van der Waals surface area (Å²) < 4.78 is 18.9. The number of rotatable bonds is 3. The molecular formula is C13H13ClFNO. The lowest BCUT2D eigenvalue weighted by molar-refractivity contribution is 0.550. The Kier molecular flexibility index (Phi) is 3.50. The SMILES string of the molecule is CNC(c1cc(C)ccc1F)c1ccoc1Cl. The van der Waals surface area contributed by atoms with E-state index in [0.717, 1.165) is 11.1 Å². The van der Waals surface area contributed by atoms with Gasteiger partial charge in [-0.2, -0.15) is 0 Å². The second-order valence-corrected chi connectivity index (χ2v) is 4.24. The number of benzene rings is 1. The quantitative estimate of drug-likeness (QED) is 0.903. The summed E-state index contributed by atoms with van der Waals surface area (Å²) in [7, 11) is 1.76. The smallest absolute Gasteiger partial charge is 0.198 e. The minimum Gasteiger partial charge on any atom is -0.453 e. The highest BCUT2D eigenvalue weighted by molar-refractivity contribution is 6.29. The molecule has 0 amide bonds. The van der Waals surface area contributed by atoms with Crippen LogP contribution >= 0.6 is 11.6 Å². The van der Waals surface area contributed by atoms with Gasteiger partial charge in [-0.05, 0) is 37.7 Å². The average Bonchev–Trinajstić information content (AvgIpc) is 2.71. The Morgan fingerprint density at radius 1 is 1.29 bits per heavy atom. The highest BCUT2D eigenvalue weighted by Crippen LogP contribution is 2.30. The van der Waals surface area contributed by atoms with E-state index in [-0.39, 0.29) is 17.1 Å². The summed E-state index contributed by atoms with van der Waals surface area (Å²) >= 11 is 5.93. The van der Waals surface area contributed by atoms with Crippen molar-refractivity contribution in [2.75, 3.05) is 7.05 Å². The van der Waals surface area contributed by atoms with Gasteiger partial charge in [0.15, 0.2) is 5.22 Å². The molecule has 1 aromatic heterocycles. The Hall–Kier alpha value is -1.32. The highest BCUT2D eigenvalue weighted by Gasteiger charge is 2.20. The standard InChI is InChI=1S/C13H13ClFNO/c1-8-3-4-11(15)10(7-8)12(16-2)9-5-6-17-13(9)14/h3-7,12,16H,1-2H3. The van der Waals surface area contributed by atoms with E-state index >= 15 is 0 Å². The van der Waals surface area contributed by atoms with Crippen LogP contribution in [0.3, 0.4) is 0 Å². The number of hydrogen-bond acceptors (Lipinski definition) is 2. The molecule has 1 atom stereocenters. The first-order valence-electron chi connectivity index (χ1n) is 5.29. The molecule has 1 heterocycles. The molecule has 0 aliphatic carbocycles. The summed E-state index contributed by atoms with van der Waals surface area (Å²) in [5.74, 6) is -0.257. The molecule has 2 nitrogen and oxygen atoms in total. The van der Waals surface area contributed by atoms with Gasteiger partial charge in [0.2, 0.25) is 0 Å². The van der Waals surface area contributed by atoms with Crippen LogP contribution in [-0.2, 0) is 0 Å². The first kappa shape index (κ1) is 12.1. The average molecular weight is 254 g/mol. The minimum absolute atomic E-state index is 0.257. The van der Waals surface area contributed by atoms with E-state index < -0.39 is 0 Å². The Morgan fingerprint density at radius 2 is 2.06 bits per heavy atom. The molecule has 0 radical (unpaired) electrons. The van der Waals surface area contributed by atoms with Gasteiger partial charge < -0.3 is 9.73 Å². The molecule has 0 saturated heterocycles. The lowest BCUT2D eigenvalue weighted by Crippen LogP contribution is -2.18. The van der Waals surface area contributed by atoms with E-state index in [2.05, 4.69) is 5.32 Å². The van der Waals surface area contributed by atoms with Crippen LogP contribution in [0.25, 0.3) is 0 Å². The number of halogens is 2. The predicted octanol–water partition coefficient (Wildman–Crippen LogP) is 3.69. The first-order chi connectivity index (χ1) is 8.13. The first-order valence-corrected chi connectivity index (χ1v) is 5.67. The Balaban J connectivity index is 2.49. The van der Waals surface area contributed by atoms with Gasteiger partial charge in [0.1, 0.15) is 5.82 Å². The van der Waals surface area contributed by atoms with Crippen molar-refractivity contribution in [2.24, 2.45) is 0 Å². The van der Waals surface area contributed by atoms with Crippen molar-refractivity contribution in [2.45, 2.75) is 13.0 Å². The molecule has 17 heavy (non-hydrogen) atoms. The summed E-state index contributed by atoms with van der Waals surface area (Å²) in [4.78, 5) is 0. The molecule has 1 aromatic carbocycles. The van der Waals surface area contributed by atoms with Crippen molar-refractivity contribution in [3.63, 3.8) is 0 Å². The highest BCUT2D eigenvalue weighted by atomic mass is 35.5. The van der Waals surface area contributed by atoms with E-state index in [1.807, 2.05) is 6.92 Å².